The molecule has 0 saturated heterocycles. The summed E-state index contributed by atoms with van der Waals surface area (Å²) in [6.07, 6.45) is 0. The van der Waals surface area contributed by atoms with Gasteiger partial charge in [-0.1, -0.05) is 0 Å². The van der Waals surface area contributed by atoms with Crippen molar-refractivity contribution in [2.24, 2.45) is 0 Å². The average Bonchev–Trinajstić information content (AvgIpc) is 2.45. The van der Waals surface area contributed by atoms with Crippen molar-refractivity contribution in [2.45, 2.75) is 6.04 Å². The maximum Gasteiger partial charge on any atom is 0.255 e. The molecule has 0 heterocycles. The van der Waals surface area contributed by atoms with Crippen molar-refractivity contribution < 1.29 is 24.1 Å². The number of methoxy groups -OCH3 is 3. The van der Waals surface area contributed by atoms with Gasteiger partial charge in [-0.2, -0.15) is 0 Å². The molecule has 1 unspecified atom stereocenters. The monoisotopic (exact) mass is 269 g/mol. The molecule has 0 fully saturated rings. The molecule has 0 bridgehead atoms. The molecular weight excluding hydrogens is 250 g/mol. The molecule has 19 heavy (non-hydrogen) atoms. The van der Waals surface area contributed by atoms with Crippen LogP contribution in [0, 0.1) is 0 Å². The van der Waals surface area contributed by atoms with Crippen molar-refractivity contribution in [3.8, 4) is 11.5 Å². The largest absolute Gasteiger partial charge is 0.497 e. The summed E-state index contributed by atoms with van der Waals surface area (Å²) in [5.74, 6) is 0.672. The lowest BCUT2D eigenvalue weighted by molar-refractivity contribution is 0.0837. The first-order valence-corrected chi connectivity index (χ1v) is 5.79. The van der Waals surface area contributed by atoms with Gasteiger partial charge in [0.2, 0.25) is 0 Å². The Bertz CT molecular complexity index is 421. The van der Waals surface area contributed by atoms with E-state index in [0.717, 1.165) is 0 Å². The molecule has 0 aliphatic rings. The zero-order chi connectivity index (χ0) is 14.3. The van der Waals surface area contributed by atoms with E-state index in [0.29, 0.717) is 17.1 Å². The van der Waals surface area contributed by atoms with Crippen LogP contribution in [0.1, 0.15) is 10.4 Å². The highest BCUT2D eigenvalue weighted by Crippen LogP contribution is 2.24. The van der Waals surface area contributed by atoms with Gasteiger partial charge in [-0.05, 0) is 12.1 Å². The van der Waals surface area contributed by atoms with Crippen LogP contribution in [0.15, 0.2) is 18.2 Å². The van der Waals surface area contributed by atoms with Crippen LogP contribution in [-0.2, 0) is 4.74 Å². The third-order valence-corrected chi connectivity index (χ3v) is 2.58. The smallest absolute Gasteiger partial charge is 0.255 e. The molecule has 6 nitrogen and oxygen atoms in total. The maximum atomic E-state index is 12.1. The van der Waals surface area contributed by atoms with E-state index in [9.17, 15) is 4.79 Å². The first-order valence-electron chi connectivity index (χ1n) is 5.79. The normalized spacial score (nSPS) is 11.8. The Balaban J connectivity index is 2.86. The molecule has 0 aliphatic heterocycles. The van der Waals surface area contributed by atoms with Crippen LogP contribution in [0.3, 0.4) is 0 Å². The number of amides is 1. The van der Waals surface area contributed by atoms with Crippen LogP contribution < -0.4 is 14.8 Å². The van der Waals surface area contributed by atoms with Gasteiger partial charge >= 0.3 is 0 Å². The second-order valence-corrected chi connectivity index (χ2v) is 3.87. The van der Waals surface area contributed by atoms with Gasteiger partial charge < -0.3 is 24.6 Å². The van der Waals surface area contributed by atoms with Crippen LogP contribution >= 0.6 is 0 Å². The lowest BCUT2D eigenvalue weighted by Crippen LogP contribution is -2.40. The van der Waals surface area contributed by atoms with E-state index in [4.69, 9.17) is 19.3 Å². The summed E-state index contributed by atoms with van der Waals surface area (Å²) in [6.45, 7) is 0.0404. The molecular formula is C13H19NO5. The first-order chi connectivity index (χ1) is 9.15. The van der Waals surface area contributed by atoms with Gasteiger partial charge in [0.25, 0.3) is 5.91 Å². The Morgan fingerprint density at radius 2 is 2.05 bits per heavy atom. The van der Waals surface area contributed by atoms with Gasteiger partial charge in [0.15, 0.2) is 0 Å². The zero-order valence-electron chi connectivity index (χ0n) is 11.3. The van der Waals surface area contributed by atoms with Crippen LogP contribution in [0.2, 0.25) is 0 Å². The van der Waals surface area contributed by atoms with Gasteiger partial charge in [0, 0.05) is 13.2 Å². The number of carbonyl (C=O) groups excluding carboxylic acids is 1. The maximum absolute atomic E-state index is 12.1. The fraction of sp³-hybridized carbons (Fsp3) is 0.462. The predicted octanol–water partition coefficient (Wildman–Crippen LogP) is 0.441. The van der Waals surface area contributed by atoms with E-state index in [2.05, 4.69) is 5.32 Å². The molecule has 6 heteroatoms. The Hall–Kier alpha value is -1.79. The highest BCUT2D eigenvalue weighted by molar-refractivity contribution is 5.97. The van der Waals surface area contributed by atoms with E-state index in [1.165, 1.54) is 21.3 Å². The Kier molecular flexibility index (Phi) is 6.11. The topological polar surface area (TPSA) is 77.0 Å². The minimum atomic E-state index is -0.454. The summed E-state index contributed by atoms with van der Waals surface area (Å²) >= 11 is 0. The number of rotatable bonds is 7. The minimum Gasteiger partial charge on any atom is -0.497 e. The summed E-state index contributed by atoms with van der Waals surface area (Å²) in [5.41, 5.74) is 0.373. The summed E-state index contributed by atoms with van der Waals surface area (Å²) in [5, 5.41) is 11.8. The van der Waals surface area contributed by atoms with Crippen molar-refractivity contribution in [3.05, 3.63) is 23.8 Å². The van der Waals surface area contributed by atoms with Gasteiger partial charge in [-0.25, -0.2) is 0 Å². The second-order valence-electron chi connectivity index (χ2n) is 3.87. The average molecular weight is 269 g/mol. The highest BCUT2D eigenvalue weighted by Gasteiger charge is 2.17. The SMILES string of the molecule is COCC(CO)NC(=O)c1ccc(OC)cc1OC. The molecule has 1 rings (SSSR count). The molecule has 0 aliphatic carbocycles. The third-order valence-electron chi connectivity index (χ3n) is 2.58. The number of benzene rings is 1. The van der Waals surface area contributed by atoms with Crippen molar-refractivity contribution in [2.75, 3.05) is 34.5 Å². The Morgan fingerprint density at radius 3 is 2.58 bits per heavy atom. The number of hydrogen-bond acceptors (Lipinski definition) is 5. The first kappa shape index (κ1) is 15.3. The number of hydrogen-bond donors (Lipinski definition) is 2. The summed E-state index contributed by atoms with van der Waals surface area (Å²) in [6, 6.07) is 4.44. The number of nitrogens with one attached hydrogen (secondary N) is 1. The third kappa shape index (κ3) is 4.11. The lowest BCUT2D eigenvalue weighted by Gasteiger charge is -2.16. The molecule has 1 aromatic rings. The molecule has 0 saturated carbocycles. The standard InChI is InChI=1S/C13H19NO5/c1-17-8-9(7-15)14-13(16)11-5-4-10(18-2)6-12(11)19-3/h4-6,9,15H,7-8H2,1-3H3,(H,14,16). The lowest BCUT2D eigenvalue weighted by atomic mass is 10.1. The minimum absolute atomic E-state index is 0.196. The van der Waals surface area contributed by atoms with Crippen LogP contribution in [0.5, 0.6) is 11.5 Å². The van der Waals surface area contributed by atoms with E-state index in [1.807, 2.05) is 0 Å². The molecule has 2 N–H and O–H groups in total. The van der Waals surface area contributed by atoms with Gasteiger partial charge in [-0.15, -0.1) is 0 Å². The van der Waals surface area contributed by atoms with E-state index >= 15 is 0 Å². The van der Waals surface area contributed by atoms with E-state index in [1.54, 1.807) is 18.2 Å². The zero-order valence-corrected chi connectivity index (χ0v) is 11.3. The summed E-state index contributed by atoms with van der Waals surface area (Å²) in [4.78, 5) is 12.1. The van der Waals surface area contributed by atoms with Gasteiger partial charge in [0.05, 0.1) is 39.0 Å². The van der Waals surface area contributed by atoms with Crippen molar-refractivity contribution >= 4 is 5.91 Å². The van der Waals surface area contributed by atoms with Crippen LogP contribution in [0.4, 0.5) is 0 Å². The van der Waals surface area contributed by atoms with Gasteiger partial charge in [-0.3, -0.25) is 4.79 Å². The van der Waals surface area contributed by atoms with E-state index in [-0.39, 0.29) is 19.1 Å². The number of aliphatic hydroxyl groups is 1. The van der Waals surface area contributed by atoms with Crippen LogP contribution in [0.25, 0.3) is 0 Å². The molecule has 1 aromatic carbocycles. The predicted molar refractivity (Wildman–Crippen MR) is 69.8 cm³/mol. The molecule has 0 radical (unpaired) electrons. The van der Waals surface area contributed by atoms with Crippen molar-refractivity contribution in [1.82, 2.24) is 5.32 Å². The van der Waals surface area contributed by atoms with Gasteiger partial charge in [0.1, 0.15) is 11.5 Å². The summed E-state index contributed by atoms with van der Waals surface area (Å²) < 4.78 is 15.1. The quantitative estimate of drug-likeness (QED) is 0.751. The number of carbonyl (C=O) groups is 1. The number of aliphatic hydroxyl groups excluding tert-OH is 1. The van der Waals surface area contributed by atoms with Crippen LogP contribution in [-0.4, -0.2) is 51.6 Å². The molecule has 0 spiro atoms. The Morgan fingerprint density at radius 1 is 1.32 bits per heavy atom. The van der Waals surface area contributed by atoms with Crippen molar-refractivity contribution in [3.63, 3.8) is 0 Å². The fourth-order valence-corrected chi connectivity index (χ4v) is 1.59. The molecule has 0 aromatic heterocycles. The van der Waals surface area contributed by atoms with E-state index < -0.39 is 6.04 Å². The summed E-state index contributed by atoms with van der Waals surface area (Å²) in [7, 11) is 4.52. The molecule has 1 atom stereocenters. The molecule has 106 valence electrons. The fourth-order valence-electron chi connectivity index (χ4n) is 1.59. The Labute approximate surface area is 112 Å². The molecule has 1 amide bonds. The van der Waals surface area contributed by atoms with Crippen molar-refractivity contribution in [1.29, 1.82) is 0 Å². The second kappa shape index (κ2) is 7.60. The number of ether oxygens (including phenoxy) is 3. The highest BCUT2D eigenvalue weighted by atomic mass is 16.5.